The Labute approximate surface area is 173 Å². The fraction of sp³-hybridized carbons (Fsp3) is 0.611. The van der Waals surface area contributed by atoms with E-state index in [0.717, 1.165) is 37.9 Å². The van der Waals surface area contributed by atoms with Gasteiger partial charge in [-0.3, -0.25) is 9.89 Å². The Hall–Kier alpha value is -1.26. The Kier molecular flexibility index (Phi) is 10.7. The molecule has 1 unspecified atom stereocenters. The average Bonchev–Trinajstić information content (AvgIpc) is 3.10. The zero-order chi connectivity index (χ0) is 18.1. The molecule has 1 aromatic rings. The van der Waals surface area contributed by atoms with Crippen LogP contribution in [0.25, 0.3) is 0 Å². The van der Waals surface area contributed by atoms with Gasteiger partial charge in [-0.1, -0.05) is 0 Å². The third kappa shape index (κ3) is 6.48. The van der Waals surface area contributed by atoms with Crippen molar-refractivity contribution in [3.8, 4) is 11.5 Å². The van der Waals surface area contributed by atoms with E-state index < -0.39 is 0 Å². The first-order chi connectivity index (χ1) is 12.2. The first kappa shape index (κ1) is 22.8. The van der Waals surface area contributed by atoms with Crippen LogP contribution in [0.2, 0.25) is 0 Å². The zero-order valence-electron chi connectivity index (χ0n) is 16.1. The van der Waals surface area contributed by atoms with Gasteiger partial charge in [0, 0.05) is 45.0 Å². The monoisotopic (exact) mass is 478 g/mol. The van der Waals surface area contributed by atoms with Crippen molar-refractivity contribution in [3.05, 3.63) is 18.2 Å². The summed E-state index contributed by atoms with van der Waals surface area (Å²) in [4.78, 5) is 6.78. The highest BCUT2D eigenvalue weighted by Gasteiger charge is 2.24. The number of rotatable bonds is 8. The lowest BCUT2D eigenvalue weighted by Gasteiger charge is -2.25. The van der Waals surface area contributed by atoms with Crippen molar-refractivity contribution >= 4 is 35.6 Å². The fourth-order valence-corrected chi connectivity index (χ4v) is 3.07. The second-order valence-electron chi connectivity index (χ2n) is 5.97. The molecular formula is C18H31IN4O3. The Bertz CT molecular complexity index is 571. The van der Waals surface area contributed by atoms with Crippen LogP contribution in [0.3, 0.4) is 0 Å². The molecule has 2 rings (SSSR count). The lowest BCUT2D eigenvalue weighted by molar-refractivity contribution is 0.141. The largest absolute Gasteiger partial charge is 0.493 e. The van der Waals surface area contributed by atoms with Crippen molar-refractivity contribution in [2.75, 3.05) is 59.9 Å². The number of methoxy groups -OCH3 is 3. The average molecular weight is 478 g/mol. The van der Waals surface area contributed by atoms with Crippen LogP contribution < -0.4 is 20.1 Å². The van der Waals surface area contributed by atoms with Gasteiger partial charge in [-0.15, -0.1) is 24.0 Å². The maximum atomic E-state index is 5.34. The number of hydrogen-bond acceptors (Lipinski definition) is 5. The quantitative estimate of drug-likeness (QED) is 0.340. The van der Waals surface area contributed by atoms with E-state index in [1.165, 1.54) is 12.8 Å². The second-order valence-corrected chi connectivity index (χ2v) is 5.97. The normalized spacial score (nSPS) is 17.5. The second kappa shape index (κ2) is 12.2. The first-order valence-corrected chi connectivity index (χ1v) is 8.64. The summed E-state index contributed by atoms with van der Waals surface area (Å²) in [7, 11) is 6.78. The van der Waals surface area contributed by atoms with Crippen LogP contribution in [-0.2, 0) is 4.74 Å². The van der Waals surface area contributed by atoms with E-state index in [-0.39, 0.29) is 24.0 Å². The molecule has 0 saturated carbocycles. The van der Waals surface area contributed by atoms with Gasteiger partial charge in [0.25, 0.3) is 0 Å². The molecule has 1 atom stereocenters. The first-order valence-electron chi connectivity index (χ1n) is 8.64. The highest BCUT2D eigenvalue weighted by atomic mass is 127. The van der Waals surface area contributed by atoms with Gasteiger partial charge >= 0.3 is 0 Å². The number of nitrogens with one attached hydrogen (secondary N) is 2. The molecule has 1 aliphatic rings. The highest BCUT2D eigenvalue weighted by Crippen LogP contribution is 2.29. The number of guanidine groups is 1. The minimum Gasteiger partial charge on any atom is -0.493 e. The van der Waals surface area contributed by atoms with E-state index in [4.69, 9.17) is 14.2 Å². The lowest BCUT2D eigenvalue weighted by Crippen LogP contribution is -2.43. The van der Waals surface area contributed by atoms with Gasteiger partial charge in [0.15, 0.2) is 17.5 Å². The molecule has 7 nitrogen and oxygen atoms in total. The molecule has 0 spiro atoms. The molecule has 0 amide bonds. The topological polar surface area (TPSA) is 67.4 Å². The molecule has 1 heterocycles. The van der Waals surface area contributed by atoms with Gasteiger partial charge in [-0.05, 0) is 31.5 Å². The van der Waals surface area contributed by atoms with Gasteiger partial charge in [-0.25, -0.2) is 0 Å². The van der Waals surface area contributed by atoms with Crippen molar-refractivity contribution in [3.63, 3.8) is 0 Å². The van der Waals surface area contributed by atoms with Gasteiger partial charge in [0.05, 0.1) is 20.8 Å². The molecule has 26 heavy (non-hydrogen) atoms. The highest BCUT2D eigenvalue weighted by molar-refractivity contribution is 14.0. The minimum absolute atomic E-state index is 0. The fourth-order valence-electron chi connectivity index (χ4n) is 3.07. The van der Waals surface area contributed by atoms with Crippen molar-refractivity contribution in [1.29, 1.82) is 0 Å². The lowest BCUT2D eigenvalue weighted by atomic mass is 10.2. The van der Waals surface area contributed by atoms with E-state index in [9.17, 15) is 0 Å². The number of halogens is 1. The Morgan fingerprint density at radius 2 is 2.00 bits per heavy atom. The summed E-state index contributed by atoms with van der Waals surface area (Å²) in [5, 5.41) is 6.71. The number of aliphatic imine (C=N–C) groups is 1. The third-order valence-electron chi connectivity index (χ3n) is 4.46. The standard InChI is InChI=1S/C18H30N4O3.HI/c1-19-18(20-13-15-6-5-9-22(15)10-11-23-2)21-14-7-8-16(24-3)17(12-14)25-4;/h7-8,12,15H,5-6,9-11,13H2,1-4H3,(H2,19,20,21);1H. The summed E-state index contributed by atoms with van der Waals surface area (Å²) in [5.74, 6) is 2.13. The van der Waals surface area contributed by atoms with Crippen molar-refractivity contribution in [2.45, 2.75) is 18.9 Å². The van der Waals surface area contributed by atoms with Crippen LogP contribution >= 0.6 is 24.0 Å². The van der Waals surface area contributed by atoms with E-state index in [1.54, 1.807) is 28.4 Å². The number of likely N-dealkylation sites (tertiary alicyclic amines) is 1. The van der Waals surface area contributed by atoms with E-state index in [1.807, 2.05) is 18.2 Å². The SMILES string of the molecule is CN=C(NCC1CCCN1CCOC)Nc1ccc(OC)c(OC)c1.I. The third-order valence-corrected chi connectivity index (χ3v) is 4.46. The predicted molar refractivity (Wildman–Crippen MR) is 116 cm³/mol. The molecule has 2 N–H and O–H groups in total. The predicted octanol–water partition coefficient (Wildman–Crippen LogP) is 2.42. The van der Waals surface area contributed by atoms with Crippen LogP contribution in [0, 0.1) is 0 Å². The molecule has 148 valence electrons. The molecule has 8 heteroatoms. The molecule has 1 saturated heterocycles. The molecular weight excluding hydrogens is 447 g/mol. The summed E-state index contributed by atoms with van der Waals surface area (Å²) in [6.07, 6.45) is 2.43. The molecule has 0 bridgehead atoms. The van der Waals surface area contributed by atoms with E-state index >= 15 is 0 Å². The summed E-state index contributed by atoms with van der Waals surface area (Å²) >= 11 is 0. The summed E-state index contributed by atoms with van der Waals surface area (Å²) < 4.78 is 15.8. The number of anilines is 1. The zero-order valence-corrected chi connectivity index (χ0v) is 18.4. The van der Waals surface area contributed by atoms with Crippen molar-refractivity contribution in [2.24, 2.45) is 4.99 Å². The Balaban J connectivity index is 0.00000338. The molecule has 0 aromatic heterocycles. The number of ether oxygens (including phenoxy) is 3. The minimum atomic E-state index is 0. The van der Waals surface area contributed by atoms with Crippen LogP contribution in [0.5, 0.6) is 11.5 Å². The van der Waals surface area contributed by atoms with Crippen LogP contribution in [0.4, 0.5) is 5.69 Å². The molecule has 0 radical (unpaired) electrons. The van der Waals surface area contributed by atoms with Gasteiger partial charge in [0.2, 0.25) is 0 Å². The molecule has 0 aliphatic carbocycles. The van der Waals surface area contributed by atoms with Crippen LogP contribution in [-0.4, -0.2) is 71.5 Å². The summed E-state index contributed by atoms with van der Waals surface area (Å²) in [5.41, 5.74) is 0.897. The van der Waals surface area contributed by atoms with E-state index in [2.05, 4.69) is 20.5 Å². The molecule has 1 fully saturated rings. The number of benzene rings is 1. The smallest absolute Gasteiger partial charge is 0.195 e. The summed E-state index contributed by atoms with van der Waals surface area (Å²) in [6, 6.07) is 6.22. The van der Waals surface area contributed by atoms with Gasteiger partial charge in [0.1, 0.15) is 0 Å². The number of hydrogen-bond donors (Lipinski definition) is 2. The number of nitrogens with zero attached hydrogens (tertiary/aromatic N) is 2. The maximum absolute atomic E-state index is 5.34. The maximum Gasteiger partial charge on any atom is 0.195 e. The van der Waals surface area contributed by atoms with Crippen LogP contribution in [0.1, 0.15) is 12.8 Å². The summed E-state index contributed by atoms with van der Waals surface area (Å²) in [6.45, 7) is 3.74. The van der Waals surface area contributed by atoms with Gasteiger partial charge in [-0.2, -0.15) is 0 Å². The van der Waals surface area contributed by atoms with Crippen LogP contribution in [0.15, 0.2) is 23.2 Å². The Morgan fingerprint density at radius 3 is 2.65 bits per heavy atom. The van der Waals surface area contributed by atoms with E-state index in [0.29, 0.717) is 17.5 Å². The molecule has 1 aliphatic heterocycles. The Morgan fingerprint density at radius 1 is 1.23 bits per heavy atom. The van der Waals surface area contributed by atoms with Crippen molar-refractivity contribution in [1.82, 2.24) is 10.2 Å². The van der Waals surface area contributed by atoms with Crippen molar-refractivity contribution < 1.29 is 14.2 Å². The molecule has 1 aromatic carbocycles. The van der Waals surface area contributed by atoms with Gasteiger partial charge < -0.3 is 24.8 Å².